The number of rotatable bonds is 7. The Balaban J connectivity index is 1.23. The molecule has 176 valence electrons. The first-order valence-electron chi connectivity index (χ1n) is 10.9. The van der Waals surface area contributed by atoms with Gasteiger partial charge < -0.3 is 5.32 Å². The molecular formula is C24H21BrF3N5O. The number of fused-ring (bicyclic) bond motifs is 1. The van der Waals surface area contributed by atoms with Gasteiger partial charge in [0.2, 0.25) is 5.91 Å². The van der Waals surface area contributed by atoms with Gasteiger partial charge in [0.25, 0.3) is 0 Å². The molecular weight excluding hydrogens is 511 g/mol. The van der Waals surface area contributed by atoms with E-state index in [4.69, 9.17) is 0 Å². The standard InChI is InChI=1S/C24H21BrF3N5O/c25-21-22(16-8-9-16)33(31-23(21)24(26,27)28)13-11-20(34)29-19-10-12-32(30-19)14-17-6-3-5-15-4-1-2-7-18(15)17/h1-7,10,12,16H,8-9,11,13-14H2,(H,29,30,34). The van der Waals surface area contributed by atoms with Gasteiger partial charge in [-0.2, -0.15) is 23.4 Å². The lowest BCUT2D eigenvalue weighted by molar-refractivity contribution is -0.142. The minimum absolute atomic E-state index is 0.0126. The first-order valence-corrected chi connectivity index (χ1v) is 11.7. The Morgan fingerprint density at radius 3 is 2.62 bits per heavy atom. The second-order valence-corrected chi connectivity index (χ2v) is 9.17. The molecule has 2 aromatic heterocycles. The number of nitrogens with one attached hydrogen (secondary N) is 1. The van der Waals surface area contributed by atoms with Crippen molar-refractivity contribution in [1.29, 1.82) is 0 Å². The summed E-state index contributed by atoms with van der Waals surface area (Å²) in [7, 11) is 0. The van der Waals surface area contributed by atoms with Gasteiger partial charge in [-0.25, -0.2) is 0 Å². The van der Waals surface area contributed by atoms with Crippen molar-refractivity contribution in [3.05, 3.63) is 76.2 Å². The number of halogens is 4. The van der Waals surface area contributed by atoms with Gasteiger partial charge in [0.05, 0.1) is 23.3 Å². The molecule has 5 rings (SSSR count). The first kappa shape index (κ1) is 22.6. The highest BCUT2D eigenvalue weighted by Crippen LogP contribution is 2.47. The number of carbonyl (C=O) groups excluding carboxylic acids is 1. The van der Waals surface area contributed by atoms with Crippen LogP contribution in [0.15, 0.2) is 59.2 Å². The van der Waals surface area contributed by atoms with Gasteiger partial charge in [0.1, 0.15) is 0 Å². The molecule has 0 saturated heterocycles. The minimum Gasteiger partial charge on any atom is -0.309 e. The van der Waals surface area contributed by atoms with Gasteiger partial charge >= 0.3 is 6.18 Å². The van der Waals surface area contributed by atoms with Crippen LogP contribution in [0.3, 0.4) is 0 Å². The van der Waals surface area contributed by atoms with Crippen LogP contribution in [0.1, 0.15) is 42.1 Å². The summed E-state index contributed by atoms with van der Waals surface area (Å²) < 4.78 is 42.8. The number of amides is 1. The summed E-state index contributed by atoms with van der Waals surface area (Å²) in [6.45, 7) is 0.604. The number of aromatic nitrogens is 4. The summed E-state index contributed by atoms with van der Waals surface area (Å²) in [6.07, 6.45) is -1.14. The third kappa shape index (κ3) is 4.72. The Hall–Kier alpha value is -3.14. The molecule has 1 fully saturated rings. The van der Waals surface area contributed by atoms with Crippen LogP contribution in [0.4, 0.5) is 19.0 Å². The van der Waals surface area contributed by atoms with Crippen LogP contribution in [0.2, 0.25) is 0 Å². The van der Waals surface area contributed by atoms with Crippen molar-refractivity contribution >= 4 is 38.4 Å². The van der Waals surface area contributed by atoms with Gasteiger partial charge in [-0.05, 0) is 45.1 Å². The minimum atomic E-state index is -4.55. The Labute approximate surface area is 201 Å². The molecule has 0 radical (unpaired) electrons. The van der Waals surface area contributed by atoms with Crippen molar-refractivity contribution < 1.29 is 18.0 Å². The van der Waals surface area contributed by atoms with E-state index < -0.39 is 11.9 Å². The molecule has 0 spiro atoms. The summed E-state index contributed by atoms with van der Waals surface area (Å²) in [6, 6.07) is 15.9. The third-order valence-corrected chi connectivity index (χ3v) is 6.62. The number of hydrogen-bond acceptors (Lipinski definition) is 3. The van der Waals surface area contributed by atoms with E-state index in [1.165, 1.54) is 4.68 Å². The maximum absolute atomic E-state index is 13.3. The fourth-order valence-corrected chi connectivity index (χ4v) is 4.92. The Bertz CT molecular complexity index is 1350. The Morgan fingerprint density at radius 2 is 1.85 bits per heavy atom. The fourth-order valence-electron chi connectivity index (χ4n) is 4.09. The molecule has 1 N–H and O–H groups in total. The van der Waals surface area contributed by atoms with E-state index in [2.05, 4.69) is 49.6 Å². The molecule has 2 aromatic carbocycles. The van der Waals surface area contributed by atoms with Crippen LogP contribution in [0, 0.1) is 0 Å². The molecule has 34 heavy (non-hydrogen) atoms. The molecule has 0 bridgehead atoms. The van der Waals surface area contributed by atoms with Crippen LogP contribution in [-0.2, 0) is 24.1 Å². The molecule has 0 aliphatic heterocycles. The van der Waals surface area contributed by atoms with Crippen LogP contribution >= 0.6 is 15.9 Å². The van der Waals surface area contributed by atoms with Crippen LogP contribution in [0.5, 0.6) is 0 Å². The molecule has 4 aromatic rings. The van der Waals surface area contributed by atoms with Crippen molar-refractivity contribution in [2.45, 2.75) is 44.4 Å². The zero-order valence-electron chi connectivity index (χ0n) is 18.0. The van der Waals surface area contributed by atoms with E-state index in [0.717, 1.165) is 29.2 Å². The number of aryl methyl sites for hydroxylation is 1. The van der Waals surface area contributed by atoms with Crippen molar-refractivity contribution in [3.63, 3.8) is 0 Å². The van der Waals surface area contributed by atoms with E-state index in [1.807, 2.05) is 24.3 Å². The third-order valence-electron chi connectivity index (χ3n) is 5.84. The lowest BCUT2D eigenvalue weighted by Crippen LogP contribution is -2.17. The maximum Gasteiger partial charge on any atom is 0.436 e. The maximum atomic E-state index is 13.3. The number of carbonyl (C=O) groups is 1. The smallest absolute Gasteiger partial charge is 0.309 e. The van der Waals surface area contributed by atoms with E-state index in [9.17, 15) is 18.0 Å². The number of nitrogens with zero attached hydrogens (tertiary/aromatic N) is 4. The Morgan fingerprint density at radius 1 is 1.09 bits per heavy atom. The number of anilines is 1. The lowest BCUT2D eigenvalue weighted by Gasteiger charge is -2.08. The average molecular weight is 532 g/mol. The highest BCUT2D eigenvalue weighted by molar-refractivity contribution is 9.10. The normalized spacial score (nSPS) is 14.0. The monoisotopic (exact) mass is 531 g/mol. The summed E-state index contributed by atoms with van der Waals surface area (Å²) in [5.74, 6) is 0.105. The van der Waals surface area contributed by atoms with Gasteiger partial charge in [0.15, 0.2) is 11.5 Å². The zero-order chi connectivity index (χ0) is 23.9. The van der Waals surface area contributed by atoms with Crippen molar-refractivity contribution in [2.75, 3.05) is 5.32 Å². The second kappa shape index (κ2) is 8.90. The van der Waals surface area contributed by atoms with Gasteiger partial charge in [-0.15, -0.1) is 0 Å². The topological polar surface area (TPSA) is 64.7 Å². The predicted octanol–water partition coefficient (Wildman–Crippen LogP) is 5.97. The number of hydrogen-bond donors (Lipinski definition) is 1. The summed E-state index contributed by atoms with van der Waals surface area (Å²) >= 11 is 3.07. The van der Waals surface area contributed by atoms with Crippen LogP contribution in [0.25, 0.3) is 10.8 Å². The Kier molecular flexibility index (Phi) is 5.93. The van der Waals surface area contributed by atoms with Gasteiger partial charge in [-0.3, -0.25) is 14.2 Å². The molecule has 0 atom stereocenters. The van der Waals surface area contributed by atoms with E-state index in [1.54, 1.807) is 16.9 Å². The number of benzene rings is 2. The summed E-state index contributed by atoms with van der Waals surface area (Å²) in [5, 5.41) is 13.2. The van der Waals surface area contributed by atoms with Gasteiger partial charge in [-0.1, -0.05) is 42.5 Å². The van der Waals surface area contributed by atoms with E-state index in [-0.39, 0.29) is 29.3 Å². The SMILES string of the molecule is O=C(CCn1nc(C(F)(F)F)c(Br)c1C1CC1)Nc1ccn(Cc2cccc3ccccc23)n1. The molecule has 1 aliphatic rings. The fraction of sp³-hybridized carbons (Fsp3) is 0.292. The van der Waals surface area contributed by atoms with E-state index in [0.29, 0.717) is 18.1 Å². The molecule has 1 aliphatic carbocycles. The molecule has 0 unspecified atom stereocenters. The van der Waals surface area contributed by atoms with Crippen molar-refractivity contribution in [3.8, 4) is 0 Å². The zero-order valence-corrected chi connectivity index (χ0v) is 19.6. The molecule has 10 heteroatoms. The van der Waals surface area contributed by atoms with Crippen molar-refractivity contribution in [1.82, 2.24) is 19.6 Å². The predicted molar refractivity (Wildman–Crippen MR) is 125 cm³/mol. The summed E-state index contributed by atoms with van der Waals surface area (Å²) in [5.41, 5.74) is 0.679. The molecule has 6 nitrogen and oxygen atoms in total. The van der Waals surface area contributed by atoms with Crippen LogP contribution in [-0.4, -0.2) is 25.5 Å². The summed E-state index contributed by atoms with van der Waals surface area (Å²) in [4.78, 5) is 12.5. The first-order chi connectivity index (χ1) is 16.3. The van der Waals surface area contributed by atoms with E-state index >= 15 is 0 Å². The highest BCUT2D eigenvalue weighted by atomic mass is 79.9. The second-order valence-electron chi connectivity index (χ2n) is 8.38. The largest absolute Gasteiger partial charge is 0.436 e. The molecule has 1 saturated carbocycles. The average Bonchev–Trinajstić information content (AvgIpc) is 3.44. The molecule has 2 heterocycles. The quantitative estimate of drug-likeness (QED) is 0.319. The van der Waals surface area contributed by atoms with Crippen molar-refractivity contribution in [2.24, 2.45) is 0 Å². The highest BCUT2D eigenvalue weighted by Gasteiger charge is 2.41. The number of alkyl halides is 3. The van der Waals surface area contributed by atoms with Gasteiger partial charge in [0, 0.05) is 24.6 Å². The lowest BCUT2D eigenvalue weighted by atomic mass is 10.0. The van der Waals surface area contributed by atoms with Crippen LogP contribution < -0.4 is 5.32 Å². The molecule has 1 amide bonds.